The molecule has 0 N–H and O–H groups in total. The van der Waals surface area contributed by atoms with E-state index in [9.17, 15) is 19.2 Å². The molecule has 5 aliphatic heterocycles. The minimum Gasteiger partial charge on any atom is -0.373 e. The summed E-state index contributed by atoms with van der Waals surface area (Å²) in [6.45, 7) is 1.34. The number of carbonyl (C=O) groups excluding carboxylic acids is 4. The SMILES string of the molecule is O=C(CN1C(=O)C2C3CCC(O3)C2C1=O)N1CCN2C(=O)CCC2C1. The van der Waals surface area contributed by atoms with E-state index in [1.807, 2.05) is 4.90 Å². The second kappa shape index (κ2) is 5.27. The third kappa shape index (κ3) is 2.09. The molecule has 2 bridgehead atoms. The molecule has 0 aliphatic carbocycles. The second-order valence-electron chi connectivity index (χ2n) is 7.72. The number of piperazine rings is 1. The maximum absolute atomic E-state index is 12.7. The maximum Gasteiger partial charge on any atom is 0.242 e. The molecule has 0 spiro atoms. The first kappa shape index (κ1) is 15.3. The Morgan fingerprint density at radius 1 is 1.00 bits per heavy atom. The smallest absolute Gasteiger partial charge is 0.242 e. The Bertz CT molecular complexity index is 651. The van der Waals surface area contributed by atoms with Crippen LogP contribution in [0.25, 0.3) is 0 Å². The Morgan fingerprint density at radius 2 is 1.68 bits per heavy atom. The van der Waals surface area contributed by atoms with Crippen molar-refractivity contribution in [3.63, 3.8) is 0 Å². The van der Waals surface area contributed by atoms with Crippen LogP contribution in [-0.2, 0) is 23.9 Å². The van der Waals surface area contributed by atoms with Crippen LogP contribution in [-0.4, -0.2) is 82.8 Å². The minimum atomic E-state index is -0.386. The number of imide groups is 1. The van der Waals surface area contributed by atoms with Crippen LogP contribution >= 0.6 is 0 Å². The maximum atomic E-state index is 12.7. The summed E-state index contributed by atoms with van der Waals surface area (Å²) in [7, 11) is 0. The highest BCUT2D eigenvalue weighted by atomic mass is 16.5. The molecule has 5 rings (SSSR count). The quantitative estimate of drug-likeness (QED) is 0.597. The van der Waals surface area contributed by atoms with Gasteiger partial charge in [0.15, 0.2) is 0 Å². The van der Waals surface area contributed by atoms with E-state index in [1.165, 1.54) is 0 Å². The molecule has 134 valence electrons. The van der Waals surface area contributed by atoms with E-state index in [-0.39, 0.29) is 60.3 Å². The van der Waals surface area contributed by atoms with Gasteiger partial charge in [-0.25, -0.2) is 0 Å². The van der Waals surface area contributed by atoms with Crippen molar-refractivity contribution in [2.75, 3.05) is 26.2 Å². The molecular weight excluding hydrogens is 326 g/mol. The van der Waals surface area contributed by atoms with Crippen LogP contribution in [0.3, 0.4) is 0 Å². The highest BCUT2D eigenvalue weighted by molar-refractivity contribution is 6.08. The molecule has 0 aromatic carbocycles. The van der Waals surface area contributed by atoms with Crippen LogP contribution in [0.4, 0.5) is 0 Å². The van der Waals surface area contributed by atoms with E-state index in [1.54, 1.807) is 4.90 Å². The highest BCUT2D eigenvalue weighted by Gasteiger charge is 2.62. The molecule has 0 aromatic rings. The van der Waals surface area contributed by atoms with Gasteiger partial charge in [-0.05, 0) is 19.3 Å². The lowest BCUT2D eigenvalue weighted by Crippen LogP contribution is -2.55. The van der Waals surface area contributed by atoms with Crippen molar-refractivity contribution in [2.45, 2.75) is 43.9 Å². The largest absolute Gasteiger partial charge is 0.373 e. The molecule has 0 aromatic heterocycles. The van der Waals surface area contributed by atoms with Gasteiger partial charge in [-0.1, -0.05) is 0 Å². The van der Waals surface area contributed by atoms with Crippen molar-refractivity contribution in [1.82, 2.24) is 14.7 Å². The first-order valence-electron chi connectivity index (χ1n) is 9.12. The Morgan fingerprint density at radius 3 is 2.36 bits per heavy atom. The van der Waals surface area contributed by atoms with E-state index < -0.39 is 0 Å². The predicted octanol–water partition coefficient (Wildman–Crippen LogP) is -1.02. The lowest BCUT2D eigenvalue weighted by Gasteiger charge is -2.38. The van der Waals surface area contributed by atoms with Crippen molar-refractivity contribution in [1.29, 1.82) is 0 Å². The lowest BCUT2D eigenvalue weighted by molar-refractivity contribution is -0.149. The Kier molecular flexibility index (Phi) is 3.22. The summed E-state index contributed by atoms with van der Waals surface area (Å²) in [5, 5.41) is 0. The average molecular weight is 347 g/mol. The first-order chi connectivity index (χ1) is 12.0. The zero-order valence-electron chi connectivity index (χ0n) is 13.9. The lowest BCUT2D eigenvalue weighted by atomic mass is 9.81. The molecule has 5 heterocycles. The number of fused-ring (bicyclic) bond motifs is 6. The zero-order chi connectivity index (χ0) is 17.3. The van der Waals surface area contributed by atoms with Gasteiger partial charge in [-0.2, -0.15) is 0 Å². The molecule has 5 saturated heterocycles. The number of likely N-dealkylation sites (tertiary alicyclic amines) is 1. The molecule has 0 saturated carbocycles. The van der Waals surface area contributed by atoms with E-state index in [2.05, 4.69) is 0 Å². The van der Waals surface area contributed by atoms with Gasteiger partial charge < -0.3 is 14.5 Å². The molecule has 5 atom stereocenters. The average Bonchev–Trinajstić information content (AvgIpc) is 3.36. The molecule has 8 nitrogen and oxygen atoms in total. The number of rotatable bonds is 2. The minimum absolute atomic E-state index is 0.0822. The standard InChI is InChI=1S/C17H21N3O5/c21-12-4-1-9-7-18(5-6-19(9)12)13(22)8-20-16(23)14-10-2-3-11(25-10)15(14)17(20)24/h9-11,14-15H,1-8H2. The Hall–Kier alpha value is -1.96. The second-order valence-corrected chi connectivity index (χ2v) is 7.72. The van der Waals surface area contributed by atoms with Gasteiger partial charge in [0.05, 0.1) is 24.0 Å². The molecule has 0 radical (unpaired) electrons. The van der Waals surface area contributed by atoms with Crippen molar-refractivity contribution in [3.05, 3.63) is 0 Å². The van der Waals surface area contributed by atoms with Crippen LogP contribution in [0.2, 0.25) is 0 Å². The van der Waals surface area contributed by atoms with Gasteiger partial charge in [-0.3, -0.25) is 24.1 Å². The van der Waals surface area contributed by atoms with Gasteiger partial charge in [0, 0.05) is 32.1 Å². The number of carbonyl (C=O) groups is 4. The van der Waals surface area contributed by atoms with Crippen LogP contribution < -0.4 is 0 Å². The van der Waals surface area contributed by atoms with Crippen molar-refractivity contribution >= 4 is 23.6 Å². The number of hydrogen-bond donors (Lipinski definition) is 0. The molecule has 5 unspecified atom stereocenters. The molecule has 25 heavy (non-hydrogen) atoms. The predicted molar refractivity (Wildman–Crippen MR) is 82.9 cm³/mol. The number of hydrogen-bond acceptors (Lipinski definition) is 5. The van der Waals surface area contributed by atoms with Crippen LogP contribution in [0.1, 0.15) is 25.7 Å². The van der Waals surface area contributed by atoms with E-state index >= 15 is 0 Å². The van der Waals surface area contributed by atoms with E-state index in [0.29, 0.717) is 26.1 Å². The van der Waals surface area contributed by atoms with Crippen molar-refractivity contribution in [2.24, 2.45) is 11.8 Å². The van der Waals surface area contributed by atoms with Gasteiger partial charge in [0.1, 0.15) is 6.54 Å². The molecule has 4 amide bonds. The molecule has 8 heteroatoms. The van der Waals surface area contributed by atoms with Crippen LogP contribution in [0, 0.1) is 11.8 Å². The number of nitrogens with zero attached hydrogens (tertiary/aromatic N) is 3. The summed E-state index contributed by atoms with van der Waals surface area (Å²) in [6, 6.07) is 0.0822. The summed E-state index contributed by atoms with van der Waals surface area (Å²) in [5.74, 6) is -1.30. The number of amides is 4. The monoisotopic (exact) mass is 347 g/mol. The zero-order valence-corrected chi connectivity index (χ0v) is 13.9. The van der Waals surface area contributed by atoms with Crippen LogP contribution in [0.5, 0.6) is 0 Å². The van der Waals surface area contributed by atoms with Crippen LogP contribution in [0.15, 0.2) is 0 Å². The summed E-state index contributed by atoms with van der Waals surface area (Å²) in [5.41, 5.74) is 0. The normalized spacial score (nSPS) is 39.4. The summed E-state index contributed by atoms with van der Waals surface area (Å²) < 4.78 is 5.71. The van der Waals surface area contributed by atoms with Gasteiger partial charge >= 0.3 is 0 Å². The fourth-order valence-electron chi connectivity index (χ4n) is 5.26. The Labute approximate surface area is 145 Å². The van der Waals surface area contributed by atoms with E-state index in [0.717, 1.165) is 24.2 Å². The third-order valence-electron chi connectivity index (χ3n) is 6.52. The van der Waals surface area contributed by atoms with Gasteiger partial charge in [0.25, 0.3) is 0 Å². The number of ether oxygens (including phenoxy) is 1. The summed E-state index contributed by atoms with van der Waals surface area (Å²) in [4.78, 5) is 54.4. The molecular formula is C17H21N3O5. The Balaban J connectivity index is 1.26. The highest BCUT2D eigenvalue weighted by Crippen LogP contribution is 2.48. The fraction of sp³-hybridized carbons (Fsp3) is 0.765. The summed E-state index contributed by atoms with van der Waals surface area (Å²) in [6.07, 6.45) is 2.66. The third-order valence-corrected chi connectivity index (χ3v) is 6.52. The van der Waals surface area contributed by atoms with Gasteiger partial charge in [-0.15, -0.1) is 0 Å². The van der Waals surface area contributed by atoms with Crippen molar-refractivity contribution < 1.29 is 23.9 Å². The fourth-order valence-corrected chi connectivity index (χ4v) is 5.26. The van der Waals surface area contributed by atoms with Crippen molar-refractivity contribution in [3.8, 4) is 0 Å². The van der Waals surface area contributed by atoms with Gasteiger partial charge in [0.2, 0.25) is 23.6 Å². The summed E-state index contributed by atoms with van der Waals surface area (Å²) >= 11 is 0. The van der Waals surface area contributed by atoms with E-state index in [4.69, 9.17) is 4.74 Å². The molecule has 5 aliphatic rings. The first-order valence-corrected chi connectivity index (χ1v) is 9.12. The molecule has 5 fully saturated rings. The topological polar surface area (TPSA) is 87.2 Å².